The highest BCUT2D eigenvalue weighted by molar-refractivity contribution is 6.39. The van der Waals surface area contributed by atoms with Gasteiger partial charge in [0.05, 0.1) is 27.0 Å². The Labute approximate surface area is 190 Å². The molecule has 0 aliphatic rings. The molecule has 0 saturated heterocycles. The number of benzene rings is 2. The topological polar surface area (TPSA) is 106 Å². The Morgan fingerprint density at radius 1 is 1.16 bits per heavy atom. The summed E-state index contributed by atoms with van der Waals surface area (Å²) in [5.74, 6) is -0.751. The number of fused-ring (bicyclic) bond motifs is 1. The fourth-order valence-electron chi connectivity index (χ4n) is 3.27. The molecule has 4 rings (SSSR count). The van der Waals surface area contributed by atoms with E-state index in [1.807, 2.05) is 0 Å². The lowest BCUT2D eigenvalue weighted by atomic mass is 10.0. The van der Waals surface area contributed by atoms with Crippen molar-refractivity contribution >= 4 is 45.6 Å². The molecule has 2 aromatic heterocycles. The van der Waals surface area contributed by atoms with E-state index in [-0.39, 0.29) is 32.8 Å². The predicted molar refractivity (Wildman–Crippen MR) is 117 cm³/mol. The number of nitrogens with one attached hydrogen (secondary N) is 1. The van der Waals surface area contributed by atoms with E-state index in [9.17, 15) is 18.7 Å². The van der Waals surface area contributed by atoms with E-state index in [4.69, 9.17) is 28.9 Å². The number of rotatable bonds is 6. The Balaban J connectivity index is 1.83. The summed E-state index contributed by atoms with van der Waals surface area (Å²) in [5.41, 5.74) is 4.88. The number of nitrogens with zero attached hydrogens (tertiary/aromatic N) is 3. The maximum absolute atomic E-state index is 13.4. The number of hydrogen-bond donors (Lipinski definition) is 3. The van der Waals surface area contributed by atoms with E-state index < -0.39 is 24.3 Å². The third kappa shape index (κ3) is 3.97. The van der Waals surface area contributed by atoms with Gasteiger partial charge >= 0.3 is 0 Å². The fraction of sp³-hybridized carbons (Fsp3) is 0.0952. The lowest BCUT2D eigenvalue weighted by Gasteiger charge is -2.20. The number of aliphatic hydroxyl groups is 1. The Morgan fingerprint density at radius 2 is 1.91 bits per heavy atom. The number of pyridine rings is 1. The molecule has 1 atom stereocenters. The number of hydrogen-bond acceptors (Lipinski definition) is 5. The predicted octanol–water partition coefficient (Wildman–Crippen LogP) is 4.87. The average molecular weight is 478 g/mol. The second-order valence-corrected chi connectivity index (χ2v) is 7.55. The molecule has 0 fully saturated rings. The minimum absolute atomic E-state index is 0.0174. The molecule has 1 amide bonds. The van der Waals surface area contributed by atoms with Gasteiger partial charge in [0.25, 0.3) is 12.3 Å². The van der Waals surface area contributed by atoms with Crippen LogP contribution >= 0.6 is 23.2 Å². The van der Waals surface area contributed by atoms with Crippen molar-refractivity contribution in [2.75, 3.05) is 5.32 Å². The lowest BCUT2D eigenvalue weighted by Crippen LogP contribution is -2.20. The van der Waals surface area contributed by atoms with Crippen molar-refractivity contribution in [2.45, 2.75) is 12.7 Å². The van der Waals surface area contributed by atoms with E-state index in [1.165, 1.54) is 18.3 Å². The molecule has 0 aliphatic carbocycles. The molecule has 0 aliphatic heterocycles. The fourth-order valence-corrected chi connectivity index (χ4v) is 3.80. The van der Waals surface area contributed by atoms with Crippen LogP contribution in [0.5, 0.6) is 0 Å². The minimum Gasteiger partial charge on any atom is -0.368 e. The van der Waals surface area contributed by atoms with Gasteiger partial charge in [-0.3, -0.25) is 4.79 Å². The number of amides is 1. The van der Waals surface area contributed by atoms with E-state index in [1.54, 1.807) is 30.3 Å². The van der Waals surface area contributed by atoms with Crippen LogP contribution in [0.2, 0.25) is 10.0 Å². The summed E-state index contributed by atoms with van der Waals surface area (Å²) in [6.07, 6.45) is -3.13. The molecule has 4 aromatic rings. The monoisotopic (exact) mass is 477 g/mol. The first-order valence-electron chi connectivity index (χ1n) is 9.22. The summed E-state index contributed by atoms with van der Waals surface area (Å²) in [5, 5.41) is 19.0. The van der Waals surface area contributed by atoms with Gasteiger partial charge in [0.1, 0.15) is 5.69 Å². The van der Waals surface area contributed by atoms with Crippen LogP contribution in [-0.2, 0) is 0 Å². The number of primary amides is 1. The maximum atomic E-state index is 13.4. The number of halogens is 4. The summed E-state index contributed by atoms with van der Waals surface area (Å²) >= 11 is 12.6. The number of aliphatic hydroxyl groups excluding tert-OH is 1. The number of alkyl halides is 2. The Morgan fingerprint density at radius 3 is 2.59 bits per heavy atom. The average Bonchev–Trinajstić information content (AvgIpc) is 3.21. The van der Waals surface area contributed by atoms with Crippen LogP contribution in [0.25, 0.3) is 16.6 Å². The molecule has 11 heteroatoms. The second kappa shape index (κ2) is 8.70. The first-order valence-corrected chi connectivity index (χ1v) is 9.98. The van der Waals surface area contributed by atoms with Crippen molar-refractivity contribution in [1.82, 2.24) is 14.8 Å². The molecular formula is C21H15Cl2F2N5O2. The first-order chi connectivity index (χ1) is 15.3. The van der Waals surface area contributed by atoms with E-state index in [2.05, 4.69) is 15.4 Å². The molecule has 0 saturated carbocycles. The number of aromatic nitrogens is 3. The molecule has 0 bridgehead atoms. The van der Waals surface area contributed by atoms with Crippen molar-refractivity contribution in [1.29, 1.82) is 0 Å². The van der Waals surface area contributed by atoms with Gasteiger partial charge in [-0.2, -0.15) is 5.10 Å². The van der Waals surface area contributed by atoms with Crippen molar-refractivity contribution in [3.05, 3.63) is 81.7 Å². The minimum atomic E-state index is -2.91. The summed E-state index contributed by atoms with van der Waals surface area (Å²) < 4.78 is 27.7. The van der Waals surface area contributed by atoms with Crippen LogP contribution in [-0.4, -0.2) is 25.8 Å². The zero-order chi connectivity index (χ0) is 23.0. The summed E-state index contributed by atoms with van der Waals surface area (Å²) in [4.78, 5) is 16.1. The molecule has 2 heterocycles. The molecule has 7 nitrogen and oxygen atoms in total. The van der Waals surface area contributed by atoms with Gasteiger partial charge in [0.15, 0.2) is 12.0 Å². The SMILES string of the molecule is NC(=O)c1cc2ccccc2c(Cl)c1NC(O)c1cc(C(F)F)nn1-c1ncccc1Cl. The molecule has 2 aromatic carbocycles. The Bertz CT molecular complexity index is 1330. The van der Waals surface area contributed by atoms with Gasteiger partial charge in [-0.05, 0) is 29.7 Å². The summed E-state index contributed by atoms with van der Waals surface area (Å²) in [6, 6.07) is 12.6. The highest BCUT2D eigenvalue weighted by Gasteiger charge is 2.25. The summed E-state index contributed by atoms with van der Waals surface area (Å²) in [6.45, 7) is 0. The Kier molecular flexibility index (Phi) is 5.96. The van der Waals surface area contributed by atoms with Gasteiger partial charge in [-0.15, -0.1) is 0 Å². The maximum Gasteiger partial charge on any atom is 0.282 e. The van der Waals surface area contributed by atoms with Gasteiger partial charge in [0.2, 0.25) is 0 Å². The molecule has 4 N–H and O–H groups in total. The zero-order valence-corrected chi connectivity index (χ0v) is 17.6. The molecule has 164 valence electrons. The highest BCUT2D eigenvalue weighted by atomic mass is 35.5. The van der Waals surface area contributed by atoms with Gasteiger partial charge in [-0.25, -0.2) is 18.4 Å². The third-order valence-corrected chi connectivity index (χ3v) is 5.42. The van der Waals surface area contributed by atoms with Gasteiger partial charge in [0, 0.05) is 11.6 Å². The quantitative estimate of drug-likeness (QED) is 0.343. The molecule has 0 radical (unpaired) electrons. The van der Waals surface area contributed by atoms with Gasteiger partial charge in [-0.1, -0.05) is 47.5 Å². The van der Waals surface area contributed by atoms with Crippen molar-refractivity contribution in [3.8, 4) is 5.82 Å². The normalized spacial score (nSPS) is 12.3. The van der Waals surface area contributed by atoms with Crippen LogP contribution in [0, 0.1) is 0 Å². The smallest absolute Gasteiger partial charge is 0.282 e. The van der Waals surface area contributed by atoms with Crippen molar-refractivity contribution in [2.24, 2.45) is 5.73 Å². The number of carbonyl (C=O) groups is 1. The molecule has 32 heavy (non-hydrogen) atoms. The largest absolute Gasteiger partial charge is 0.368 e. The van der Waals surface area contributed by atoms with E-state index in [0.717, 1.165) is 10.7 Å². The highest BCUT2D eigenvalue weighted by Crippen LogP contribution is 2.37. The Hall–Kier alpha value is -3.27. The number of nitrogens with two attached hydrogens (primary N) is 1. The van der Waals surface area contributed by atoms with E-state index in [0.29, 0.717) is 10.8 Å². The zero-order valence-electron chi connectivity index (χ0n) is 16.1. The van der Waals surface area contributed by atoms with Crippen LogP contribution in [0.4, 0.5) is 14.5 Å². The molecule has 0 spiro atoms. The number of carbonyl (C=O) groups excluding carboxylic acids is 1. The van der Waals surface area contributed by atoms with E-state index >= 15 is 0 Å². The van der Waals surface area contributed by atoms with Crippen LogP contribution < -0.4 is 11.1 Å². The molecule has 1 unspecified atom stereocenters. The van der Waals surface area contributed by atoms with Gasteiger partial charge < -0.3 is 16.2 Å². The standard InChI is InChI=1S/C21H15Cl2F2N5O2/c22-13-6-3-7-27-20(13)30-15(9-14(29-30)18(24)25)21(32)28-17-12(19(26)31)8-10-4-1-2-5-11(10)16(17)23/h1-9,18,21,28,32H,(H2,26,31). The second-order valence-electron chi connectivity index (χ2n) is 6.76. The lowest BCUT2D eigenvalue weighted by molar-refractivity contribution is 0.100. The van der Waals surface area contributed by atoms with Crippen molar-refractivity contribution in [3.63, 3.8) is 0 Å². The van der Waals surface area contributed by atoms with Crippen molar-refractivity contribution < 1.29 is 18.7 Å². The van der Waals surface area contributed by atoms with Crippen LogP contribution in [0.3, 0.4) is 0 Å². The number of anilines is 1. The van der Waals surface area contributed by atoms with Crippen LogP contribution in [0.1, 0.15) is 34.4 Å². The summed E-state index contributed by atoms with van der Waals surface area (Å²) in [7, 11) is 0. The first kappa shape index (κ1) is 21.9. The molecular weight excluding hydrogens is 463 g/mol. The van der Waals surface area contributed by atoms with Crippen LogP contribution in [0.15, 0.2) is 54.7 Å². The third-order valence-electron chi connectivity index (χ3n) is 4.73.